The molecular weight excluding hydrogens is 262 g/mol. The summed E-state index contributed by atoms with van der Waals surface area (Å²) in [5.74, 6) is 0.344. The highest BCUT2D eigenvalue weighted by Gasteiger charge is 2.10. The van der Waals surface area contributed by atoms with Crippen LogP contribution < -0.4 is 0 Å². The molecule has 0 bridgehead atoms. The minimum Gasteiger partial charge on any atom is -0.512 e. The highest BCUT2D eigenvalue weighted by atomic mass is 16.3. The van der Waals surface area contributed by atoms with E-state index in [0.717, 1.165) is 27.8 Å². The van der Waals surface area contributed by atoms with Crippen molar-refractivity contribution in [2.75, 3.05) is 0 Å². The van der Waals surface area contributed by atoms with Gasteiger partial charge in [-0.15, -0.1) is 10.2 Å². The van der Waals surface area contributed by atoms with Crippen LogP contribution in [0.4, 0.5) is 0 Å². The van der Waals surface area contributed by atoms with E-state index in [9.17, 15) is 5.11 Å². The second kappa shape index (κ2) is 5.40. The zero-order valence-corrected chi connectivity index (χ0v) is 12.1. The molecule has 0 amide bonds. The highest BCUT2D eigenvalue weighted by molar-refractivity contribution is 5.73. The predicted octanol–water partition coefficient (Wildman–Crippen LogP) is 3.73. The number of benzene rings is 2. The van der Waals surface area contributed by atoms with Gasteiger partial charge >= 0.3 is 0 Å². The first-order valence-corrected chi connectivity index (χ1v) is 6.93. The quantitative estimate of drug-likeness (QED) is 0.743. The highest BCUT2D eigenvalue weighted by Crippen LogP contribution is 2.20. The van der Waals surface area contributed by atoms with E-state index in [4.69, 9.17) is 0 Å². The maximum atomic E-state index is 9.80. The summed E-state index contributed by atoms with van der Waals surface area (Å²) in [4.78, 5) is 1.65. The van der Waals surface area contributed by atoms with Gasteiger partial charge in [-0.05, 0) is 49.2 Å². The molecule has 0 aliphatic rings. The molecule has 0 saturated heterocycles. The first-order valence-electron chi connectivity index (χ1n) is 6.93. The molecule has 0 aliphatic carbocycles. The van der Waals surface area contributed by atoms with Crippen molar-refractivity contribution in [3.05, 3.63) is 65.4 Å². The number of hydrogen-bond acceptors (Lipinski definition) is 3. The lowest BCUT2D eigenvalue weighted by molar-refractivity contribution is 0.397. The first-order chi connectivity index (χ1) is 10.2. The van der Waals surface area contributed by atoms with E-state index in [1.165, 1.54) is 0 Å². The molecule has 4 nitrogen and oxygen atoms in total. The maximum Gasteiger partial charge on any atom is 0.113 e. The number of hydrogen-bond donors (Lipinski definition) is 1. The van der Waals surface area contributed by atoms with Gasteiger partial charge < -0.3 is 5.11 Å². The minimum absolute atomic E-state index is 0.344. The van der Waals surface area contributed by atoms with Crippen LogP contribution in [0.1, 0.15) is 18.1 Å². The van der Waals surface area contributed by atoms with Gasteiger partial charge in [0.25, 0.3) is 0 Å². The Balaban J connectivity index is 2.13. The van der Waals surface area contributed by atoms with E-state index in [0.29, 0.717) is 12.2 Å². The van der Waals surface area contributed by atoms with Gasteiger partial charge in [-0.2, -0.15) is 4.80 Å². The minimum atomic E-state index is 0.344. The van der Waals surface area contributed by atoms with Gasteiger partial charge in [-0.25, -0.2) is 0 Å². The second-order valence-corrected chi connectivity index (χ2v) is 5.07. The fraction of sp³-hybridized carbons (Fsp3) is 0.176. The topological polar surface area (TPSA) is 50.9 Å². The smallest absolute Gasteiger partial charge is 0.113 e. The van der Waals surface area contributed by atoms with Crippen molar-refractivity contribution in [2.45, 2.75) is 20.3 Å². The summed E-state index contributed by atoms with van der Waals surface area (Å²) >= 11 is 0. The van der Waals surface area contributed by atoms with E-state index >= 15 is 0 Å². The van der Waals surface area contributed by atoms with E-state index in [1.807, 2.05) is 56.3 Å². The molecule has 0 aliphatic heterocycles. The van der Waals surface area contributed by atoms with E-state index < -0.39 is 0 Å². The zero-order valence-electron chi connectivity index (χ0n) is 12.1. The van der Waals surface area contributed by atoms with E-state index in [2.05, 4.69) is 10.2 Å². The van der Waals surface area contributed by atoms with Gasteiger partial charge in [-0.1, -0.05) is 24.3 Å². The third-order valence-corrected chi connectivity index (χ3v) is 3.45. The number of aromatic nitrogens is 3. The van der Waals surface area contributed by atoms with Crippen LogP contribution in [0.2, 0.25) is 0 Å². The predicted molar refractivity (Wildman–Crippen MR) is 83.7 cm³/mol. The Morgan fingerprint density at radius 2 is 1.81 bits per heavy atom. The Hall–Kier alpha value is -2.62. The summed E-state index contributed by atoms with van der Waals surface area (Å²) in [6.07, 6.45) is 2.18. The Morgan fingerprint density at radius 1 is 1.14 bits per heavy atom. The maximum absolute atomic E-state index is 9.80. The van der Waals surface area contributed by atoms with Crippen molar-refractivity contribution in [1.82, 2.24) is 15.0 Å². The molecule has 0 fully saturated rings. The lowest BCUT2D eigenvalue weighted by Crippen LogP contribution is -2.04. The number of allylic oxidation sites excluding steroid dienone is 2. The van der Waals surface area contributed by atoms with E-state index in [-0.39, 0.29) is 0 Å². The normalized spacial score (nSPS) is 12.0. The van der Waals surface area contributed by atoms with Crippen molar-refractivity contribution in [3.63, 3.8) is 0 Å². The molecule has 0 saturated carbocycles. The molecule has 1 N–H and O–H groups in total. The molecular formula is C17H17N3O. The SMILES string of the molecule is CC=C(O)Cc1ccc(C)cc1-n1nc2ccccc2n1. The molecule has 3 aromatic rings. The van der Waals surface area contributed by atoms with Crippen LogP contribution in [0.25, 0.3) is 16.7 Å². The number of rotatable bonds is 3. The molecule has 4 heteroatoms. The summed E-state index contributed by atoms with van der Waals surface area (Å²) in [5, 5.41) is 18.8. The summed E-state index contributed by atoms with van der Waals surface area (Å²) < 4.78 is 0. The van der Waals surface area contributed by atoms with Gasteiger partial charge in [0.2, 0.25) is 0 Å². The van der Waals surface area contributed by atoms with Crippen LogP contribution in [0.15, 0.2) is 54.3 Å². The van der Waals surface area contributed by atoms with Gasteiger partial charge in [0.1, 0.15) is 11.0 Å². The van der Waals surface area contributed by atoms with Crippen LogP contribution >= 0.6 is 0 Å². The van der Waals surface area contributed by atoms with Crippen LogP contribution in [-0.2, 0) is 6.42 Å². The Bertz CT molecular complexity index is 785. The number of nitrogens with zero attached hydrogens (tertiary/aromatic N) is 3. The third kappa shape index (κ3) is 2.65. The molecule has 0 atom stereocenters. The number of aliphatic hydroxyl groups is 1. The van der Waals surface area contributed by atoms with Crippen LogP contribution in [0, 0.1) is 6.92 Å². The molecule has 2 aromatic carbocycles. The van der Waals surface area contributed by atoms with Crippen LogP contribution in [-0.4, -0.2) is 20.1 Å². The largest absolute Gasteiger partial charge is 0.512 e. The lowest BCUT2D eigenvalue weighted by atomic mass is 10.1. The Labute approximate surface area is 123 Å². The molecule has 1 heterocycles. The van der Waals surface area contributed by atoms with Gasteiger partial charge in [0.15, 0.2) is 0 Å². The fourth-order valence-corrected chi connectivity index (χ4v) is 2.27. The third-order valence-electron chi connectivity index (χ3n) is 3.45. The summed E-state index contributed by atoms with van der Waals surface area (Å²) in [7, 11) is 0. The first kappa shape index (κ1) is 13.4. The molecule has 21 heavy (non-hydrogen) atoms. The average molecular weight is 279 g/mol. The molecule has 1 aromatic heterocycles. The van der Waals surface area contributed by atoms with Crippen molar-refractivity contribution < 1.29 is 5.11 Å². The fourth-order valence-electron chi connectivity index (χ4n) is 2.27. The van der Waals surface area contributed by atoms with Gasteiger partial charge in [-0.3, -0.25) is 0 Å². The molecule has 106 valence electrons. The summed E-state index contributed by atoms with van der Waals surface area (Å²) in [6.45, 7) is 3.86. The Kier molecular flexibility index (Phi) is 3.44. The van der Waals surface area contributed by atoms with Crippen molar-refractivity contribution >= 4 is 11.0 Å². The van der Waals surface area contributed by atoms with Crippen LogP contribution in [0.5, 0.6) is 0 Å². The number of aliphatic hydroxyl groups excluding tert-OH is 1. The summed E-state index contributed by atoms with van der Waals surface area (Å²) in [6, 6.07) is 13.9. The summed E-state index contributed by atoms with van der Waals surface area (Å²) in [5.41, 5.74) is 4.76. The number of fused-ring (bicyclic) bond motifs is 1. The van der Waals surface area contributed by atoms with E-state index in [1.54, 1.807) is 10.9 Å². The van der Waals surface area contributed by atoms with Gasteiger partial charge in [0.05, 0.1) is 11.4 Å². The van der Waals surface area contributed by atoms with Gasteiger partial charge in [0, 0.05) is 6.42 Å². The average Bonchev–Trinajstić information content (AvgIpc) is 2.92. The van der Waals surface area contributed by atoms with Crippen molar-refractivity contribution in [2.24, 2.45) is 0 Å². The zero-order chi connectivity index (χ0) is 14.8. The van der Waals surface area contributed by atoms with Crippen LogP contribution in [0.3, 0.4) is 0 Å². The lowest BCUT2D eigenvalue weighted by Gasteiger charge is -2.09. The standard InChI is InChI=1S/C17H17N3O/c1-3-14(21)11-13-9-8-12(2)10-17(13)20-18-15-6-4-5-7-16(15)19-20/h3-10,21H,11H2,1-2H3. The molecule has 3 rings (SSSR count). The van der Waals surface area contributed by atoms with Crippen molar-refractivity contribution in [3.8, 4) is 5.69 Å². The van der Waals surface area contributed by atoms with Crippen molar-refractivity contribution in [1.29, 1.82) is 0 Å². The molecule has 0 spiro atoms. The molecule has 0 unspecified atom stereocenters. The monoisotopic (exact) mass is 279 g/mol. The molecule has 0 radical (unpaired) electrons. The Morgan fingerprint density at radius 3 is 2.43 bits per heavy atom. The number of aryl methyl sites for hydroxylation is 1. The second-order valence-electron chi connectivity index (χ2n) is 5.07.